The molecule has 1 heteroatoms. The van der Waals surface area contributed by atoms with Crippen LogP contribution in [0.2, 0.25) is 13.1 Å². The largest absolute Gasteiger partial charge is 0.104 e. The molecule has 0 saturated carbocycles. The first-order valence-corrected chi connectivity index (χ1v) is 14.6. The number of rotatable bonds is 0. The minimum atomic E-state index is -1.73. The van der Waals surface area contributed by atoms with Gasteiger partial charge < -0.3 is 0 Å². The van der Waals surface area contributed by atoms with Gasteiger partial charge in [-0.05, 0) is 80.9 Å². The average Bonchev–Trinajstić information content (AvgIpc) is 3.30. The first-order valence-electron chi connectivity index (χ1n) is 11.6. The first-order chi connectivity index (χ1) is 15.1. The Morgan fingerprint density at radius 1 is 0.581 bits per heavy atom. The summed E-state index contributed by atoms with van der Waals surface area (Å²) in [6.07, 6.45) is 7.70. The smallest absolute Gasteiger partial charge is 0.0684 e. The van der Waals surface area contributed by atoms with Crippen LogP contribution in [0.5, 0.6) is 0 Å². The Kier molecular flexibility index (Phi) is 3.48. The summed E-state index contributed by atoms with van der Waals surface area (Å²) in [7, 11) is -1.73. The molecule has 0 bridgehead atoms. The lowest BCUT2D eigenvalue weighted by molar-refractivity contribution is 0.643. The molecule has 0 amide bonds. The van der Waals surface area contributed by atoms with Crippen molar-refractivity contribution in [2.75, 3.05) is 0 Å². The molecule has 2 aliphatic carbocycles. The van der Waals surface area contributed by atoms with Crippen LogP contribution in [0.3, 0.4) is 0 Å². The van der Waals surface area contributed by atoms with Crippen LogP contribution < -0.4 is 0 Å². The molecule has 0 aromatic heterocycles. The van der Waals surface area contributed by atoms with Gasteiger partial charge in [-0.25, -0.2) is 0 Å². The third kappa shape index (κ3) is 2.41. The third-order valence-electron chi connectivity index (χ3n) is 8.21. The highest BCUT2D eigenvalue weighted by Gasteiger charge is 2.46. The van der Waals surface area contributed by atoms with Gasteiger partial charge in [-0.2, -0.15) is 0 Å². The highest BCUT2D eigenvalue weighted by atomic mass is 28.3. The second-order valence-electron chi connectivity index (χ2n) is 10.2. The third-order valence-corrected chi connectivity index (χ3v) is 12.1. The summed E-state index contributed by atoms with van der Waals surface area (Å²) >= 11 is 0. The van der Waals surface area contributed by atoms with Crippen molar-refractivity contribution in [3.05, 3.63) is 105 Å². The maximum absolute atomic E-state index is 2.60. The highest BCUT2D eigenvalue weighted by molar-refractivity contribution is 6.92. The Balaban J connectivity index is 1.39. The van der Waals surface area contributed by atoms with Gasteiger partial charge in [0, 0.05) is 11.8 Å². The van der Waals surface area contributed by atoms with E-state index in [2.05, 4.69) is 98.0 Å². The van der Waals surface area contributed by atoms with Gasteiger partial charge in [0.25, 0.3) is 0 Å². The monoisotopic (exact) mass is 414 g/mol. The van der Waals surface area contributed by atoms with Crippen LogP contribution in [0.15, 0.2) is 83.2 Å². The van der Waals surface area contributed by atoms with Crippen molar-refractivity contribution in [1.29, 1.82) is 0 Å². The summed E-state index contributed by atoms with van der Waals surface area (Å²) in [5, 5.41) is 9.01. The molecule has 1 saturated heterocycles. The molecule has 2 atom stereocenters. The summed E-state index contributed by atoms with van der Waals surface area (Å²) in [5.74, 6) is 1.22. The summed E-state index contributed by atoms with van der Waals surface area (Å²) in [4.78, 5) is 0. The quantitative estimate of drug-likeness (QED) is 0.254. The van der Waals surface area contributed by atoms with Crippen molar-refractivity contribution < 1.29 is 0 Å². The maximum atomic E-state index is 2.60. The molecule has 0 nitrogen and oxygen atoms in total. The summed E-state index contributed by atoms with van der Waals surface area (Å²) in [5.41, 5.74) is 6.10. The van der Waals surface area contributed by atoms with E-state index in [1.807, 2.05) is 0 Å². The van der Waals surface area contributed by atoms with Crippen molar-refractivity contribution >= 4 is 41.8 Å². The summed E-state index contributed by atoms with van der Waals surface area (Å²) in [6, 6.07) is 27.5. The maximum Gasteiger partial charge on any atom is 0.104 e. The Labute approximate surface area is 184 Å². The molecule has 1 fully saturated rings. The Morgan fingerprint density at radius 2 is 0.968 bits per heavy atom. The minimum Gasteiger partial charge on any atom is -0.0684 e. The topological polar surface area (TPSA) is 0 Å². The summed E-state index contributed by atoms with van der Waals surface area (Å²) < 4.78 is 0. The van der Waals surface area contributed by atoms with Gasteiger partial charge in [0.2, 0.25) is 0 Å². The molecule has 4 aromatic carbocycles. The molecule has 0 radical (unpaired) electrons. The van der Waals surface area contributed by atoms with Gasteiger partial charge in [0.05, 0.1) is 0 Å². The number of benzene rings is 4. The van der Waals surface area contributed by atoms with Crippen molar-refractivity contribution in [1.82, 2.24) is 0 Å². The molecule has 1 aliphatic heterocycles. The van der Waals surface area contributed by atoms with Gasteiger partial charge in [-0.3, -0.25) is 0 Å². The molecule has 0 N–H and O–H groups in total. The van der Waals surface area contributed by atoms with Crippen LogP contribution >= 0.6 is 0 Å². The van der Waals surface area contributed by atoms with Crippen molar-refractivity contribution in [2.45, 2.75) is 37.8 Å². The second kappa shape index (κ2) is 6.08. The van der Waals surface area contributed by atoms with E-state index in [1.54, 1.807) is 21.5 Å². The number of hydrogen-bond donors (Lipinski definition) is 0. The van der Waals surface area contributed by atoms with Crippen LogP contribution in [0.4, 0.5) is 0 Å². The van der Waals surface area contributed by atoms with Gasteiger partial charge in [-0.1, -0.05) is 84.2 Å². The zero-order valence-corrected chi connectivity index (χ0v) is 19.2. The fraction of sp³-hybridized carbons (Fsp3) is 0.200. The molecule has 2 unspecified atom stereocenters. The number of allylic oxidation sites excluding steroid dienone is 2. The normalized spacial score (nSPS) is 22.9. The number of fused-ring (bicyclic) bond motifs is 8. The molecule has 150 valence electrons. The standard InChI is InChI=1S/C30H26Si/c1-31(2)29-17-23-13-19-7-3-5-9-21(19)15-27(23)25(29)11-12-26-28-16-22-10-6-4-8-20(22)14-24(28)18-30(26)31/h3-10,13-18,25-26H,11-12H2,1-2H3. The summed E-state index contributed by atoms with van der Waals surface area (Å²) in [6.45, 7) is 5.21. The van der Waals surface area contributed by atoms with Crippen LogP contribution in [0.1, 0.15) is 46.9 Å². The van der Waals surface area contributed by atoms with Crippen LogP contribution in [-0.4, -0.2) is 8.07 Å². The fourth-order valence-corrected chi connectivity index (χ4v) is 10.3. The zero-order chi connectivity index (χ0) is 20.7. The highest BCUT2D eigenvalue weighted by Crippen LogP contribution is 2.56. The van der Waals surface area contributed by atoms with Crippen LogP contribution in [0, 0.1) is 0 Å². The van der Waals surface area contributed by atoms with Gasteiger partial charge in [0.1, 0.15) is 8.07 Å². The molecule has 31 heavy (non-hydrogen) atoms. The first kappa shape index (κ1) is 17.7. The van der Waals surface area contributed by atoms with E-state index in [0.717, 1.165) is 0 Å². The number of hydrogen-bond acceptors (Lipinski definition) is 0. The average molecular weight is 415 g/mol. The lowest BCUT2D eigenvalue weighted by Crippen LogP contribution is -2.33. The van der Waals surface area contributed by atoms with Crippen LogP contribution in [0.25, 0.3) is 33.7 Å². The lowest BCUT2D eigenvalue weighted by atomic mass is 9.88. The van der Waals surface area contributed by atoms with E-state index in [0.29, 0.717) is 11.8 Å². The molecular formula is C30H26Si. The van der Waals surface area contributed by atoms with Gasteiger partial charge in [-0.15, -0.1) is 0 Å². The zero-order valence-electron chi connectivity index (χ0n) is 18.2. The fourth-order valence-electron chi connectivity index (χ4n) is 6.63. The van der Waals surface area contributed by atoms with E-state index in [9.17, 15) is 0 Å². The molecular weight excluding hydrogens is 388 g/mol. The van der Waals surface area contributed by atoms with E-state index in [1.165, 1.54) is 45.5 Å². The van der Waals surface area contributed by atoms with Crippen molar-refractivity contribution in [3.63, 3.8) is 0 Å². The Bertz CT molecular complexity index is 1360. The van der Waals surface area contributed by atoms with E-state index < -0.39 is 8.07 Å². The van der Waals surface area contributed by atoms with E-state index in [-0.39, 0.29) is 0 Å². The van der Waals surface area contributed by atoms with Gasteiger partial charge in [0.15, 0.2) is 0 Å². The lowest BCUT2D eigenvalue weighted by Gasteiger charge is -2.30. The predicted molar refractivity (Wildman–Crippen MR) is 136 cm³/mol. The molecule has 4 aromatic rings. The van der Waals surface area contributed by atoms with Crippen molar-refractivity contribution in [3.8, 4) is 0 Å². The SMILES string of the molecule is C[Si]1(C)C2=Cc3cc4ccccc4cc3C2CCC2C1=Cc1cc3ccccc3cc12. The van der Waals surface area contributed by atoms with E-state index in [4.69, 9.17) is 0 Å². The van der Waals surface area contributed by atoms with Gasteiger partial charge >= 0.3 is 0 Å². The molecule has 7 rings (SSSR count). The predicted octanol–water partition coefficient (Wildman–Crippen LogP) is 8.24. The van der Waals surface area contributed by atoms with Crippen LogP contribution in [-0.2, 0) is 0 Å². The minimum absolute atomic E-state index is 0.608. The molecule has 3 aliphatic rings. The van der Waals surface area contributed by atoms with E-state index >= 15 is 0 Å². The van der Waals surface area contributed by atoms with Crippen molar-refractivity contribution in [2.24, 2.45) is 0 Å². The Morgan fingerprint density at radius 3 is 1.39 bits per heavy atom. The molecule has 0 spiro atoms. The molecule has 1 heterocycles. The second-order valence-corrected chi connectivity index (χ2v) is 14.6. The Hall–Kier alpha value is -2.90.